The third-order valence-corrected chi connectivity index (χ3v) is 6.15. The molecule has 6 nitrogen and oxygen atoms in total. The Hall–Kier alpha value is -3.19. The number of nitrogens with zero attached hydrogens (tertiary/aromatic N) is 3. The van der Waals surface area contributed by atoms with Gasteiger partial charge in [-0.25, -0.2) is 0 Å². The molecule has 1 aliphatic rings. The molecule has 0 saturated carbocycles. The summed E-state index contributed by atoms with van der Waals surface area (Å²) in [7, 11) is -3.88. The summed E-state index contributed by atoms with van der Waals surface area (Å²) in [6.07, 6.45) is 3.65. The molecule has 27 heavy (non-hydrogen) atoms. The van der Waals surface area contributed by atoms with Crippen molar-refractivity contribution in [3.05, 3.63) is 90.3 Å². The average Bonchev–Trinajstić information content (AvgIpc) is 3.16. The van der Waals surface area contributed by atoms with E-state index in [9.17, 15) is 13.5 Å². The molecule has 2 aromatic carbocycles. The molecule has 0 radical (unpaired) electrons. The van der Waals surface area contributed by atoms with Gasteiger partial charge in [0.25, 0.3) is 10.0 Å². The van der Waals surface area contributed by atoms with Gasteiger partial charge in [-0.05, 0) is 24.3 Å². The van der Waals surface area contributed by atoms with Gasteiger partial charge in [0.2, 0.25) is 0 Å². The van der Waals surface area contributed by atoms with Crippen LogP contribution in [0.4, 0.5) is 0 Å². The molecule has 0 bridgehead atoms. The molecule has 0 saturated heterocycles. The Kier molecular flexibility index (Phi) is 4.37. The highest BCUT2D eigenvalue weighted by Gasteiger charge is 2.38. The maximum absolute atomic E-state index is 13.2. The number of para-hydroxylation sites is 1. The third kappa shape index (κ3) is 3.17. The van der Waals surface area contributed by atoms with Crippen LogP contribution in [-0.2, 0) is 10.0 Å². The average molecular weight is 379 g/mol. The van der Waals surface area contributed by atoms with Crippen LogP contribution in [0.3, 0.4) is 0 Å². The van der Waals surface area contributed by atoms with E-state index in [4.69, 9.17) is 0 Å². The van der Waals surface area contributed by atoms with Crippen molar-refractivity contribution < 1.29 is 13.5 Å². The Labute approximate surface area is 157 Å². The molecular weight excluding hydrogens is 362 g/mol. The zero-order valence-electron chi connectivity index (χ0n) is 14.3. The highest BCUT2D eigenvalue weighted by Crippen LogP contribution is 2.40. The lowest BCUT2D eigenvalue weighted by Crippen LogP contribution is -2.27. The minimum atomic E-state index is -3.88. The van der Waals surface area contributed by atoms with E-state index in [1.807, 2.05) is 6.07 Å². The van der Waals surface area contributed by atoms with Crippen LogP contribution < -0.4 is 0 Å². The van der Waals surface area contributed by atoms with E-state index in [0.717, 1.165) is 9.98 Å². The van der Waals surface area contributed by atoms with Crippen LogP contribution >= 0.6 is 0 Å². The normalized spacial score (nSPS) is 17.0. The Morgan fingerprint density at radius 1 is 0.963 bits per heavy atom. The van der Waals surface area contributed by atoms with Gasteiger partial charge in [0.1, 0.15) is 5.75 Å². The Balaban J connectivity index is 1.83. The lowest BCUT2D eigenvalue weighted by Gasteiger charge is -2.24. The molecule has 2 heterocycles. The molecule has 1 aliphatic heterocycles. The van der Waals surface area contributed by atoms with E-state index < -0.39 is 16.1 Å². The molecule has 0 spiro atoms. The zero-order valence-corrected chi connectivity index (χ0v) is 15.1. The molecule has 0 fully saturated rings. The first-order valence-corrected chi connectivity index (χ1v) is 9.86. The van der Waals surface area contributed by atoms with E-state index in [0.29, 0.717) is 17.7 Å². The lowest BCUT2D eigenvalue weighted by molar-refractivity contribution is 0.358. The summed E-state index contributed by atoms with van der Waals surface area (Å²) in [4.78, 5) is 4.25. The molecule has 1 aromatic heterocycles. The topological polar surface area (TPSA) is 82.9 Å². The molecule has 136 valence electrons. The van der Waals surface area contributed by atoms with Crippen LogP contribution in [0.25, 0.3) is 0 Å². The fourth-order valence-electron chi connectivity index (χ4n) is 3.12. The maximum Gasteiger partial charge on any atom is 0.279 e. The number of benzene rings is 2. The number of pyridine rings is 1. The van der Waals surface area contributed by atoms with Crippen LogP contribution in [0.1, 0.15) is 23.6 Å². The second-order valence-corrected chi connectivity index (χ2v) is 7.95. The van der Waals surface area contributed by atoms with Gasteiger partial charge < -0.3 is 5.11 Å². The summed E-state index contributed by atoms with van der Waals surface area (Å²) in [5.74, 6) is 0.0402. The standard InChI is InChI=1S/C20H17N3O3S/c24-20-11-5-4-10-17(20)19-13-18(15-7-6-12-21-14-15)22-23(19)27(25,26)16-8-2-1-3-9-16/h1-12,14,19,24H,13H2. The molecular formula is C20H17N3O3S. The number of sulfonamides is 1. The summed E-state index contributed by atoms with van der Waals surface area (Å²) < 4.78 is 27.6. The van der Waals surface area contributed by atoms with Gasteiger partial charge in [-0.3, -0.25) is 4.98 Å². The monoisotopic (exact) mass is 379 g/mol. The summed E-state index contributed by atoms with van der Waals surface area (Å²) in [6.45, 7) is 0. The highest BCUT2D eigenvalue weighted by molar-refractivity contribution is 7.89. The fourth-order valence-corrected chi connectivity index (χ4v) is 4.57. The van der Waals surface area contributed by atoms with Crippen molar-refractivity contribution in [1.29, 1.82) is 0 Å². The van der Waals surface area contributed by atoms with Crippen molar-refractivity contribution in [2.45, 2.75) is 17.4 Å². The van der Waals surface area contributed by atoms with E-state index in [1.165, 1.54) is 12.1 Å². The smallest absolute Gasteiger partial charge is 0.279 e. The highest BCUT2D eigenvalue weighted by atomic mass is 32.2. The minimum absolute atomic E-state index is 0.0402. The van der Waals surface area contributed by atoms with Crippen molar-refractivity contribution in [1.82, 2.24) is 9.40 Å². The number of hydrogen-bond acceptors (Lipinski definition) is 5. The summed E-state index contributed by atoms with van der Waals surface area (Å²) in [5, 5.41) is 14.7. The van der Waals surface area contributed by atoms with Crippen LogP contribution in [-0.4, -0.2) is 28.6 Å². The van der Waals surface area contributed by atoms with Crippen LogP contribution in [0.2, 0.25) is 0 Å². The van der Waals surface area contributed by atoms with Crippen LogP contribution in [0, 0.1) is 0 Å². The summed E-state index contributed by atoms with van der Waals surface area (Å²) in [5.41, 5.74) is 1.87. The first kappa shape index (κ1) is 17.2. The first-order valence-electron chi connectivity index (χ1n) is 8.42. The maximum atomic E-state index is 13.2. The molecule has 0 amide bonds. The first-order chi connectivity index (χ1) is 13.1. The second kappa shape index (κ2) is 6.85. The van der Waals surface area contributed by atoms with E-state index >= 15 is 0 Å². The molecule has 7 heteroatoms. The predicted octanol–water partition coefficient (Wildman–Crippen LogP) is 3.33. The number of phenolic OH excluding ortho intramolecular Hbond substituents is 1. The number of aromatic hydroxyl groups is 1. The van der Waals surface area contributed by atoms with Gasteiger partial charge in [0, 0.05) is 29.9 Å². The number of aromatic nitrogens is 1. The third-order valence-electron chi connectivity index (χ3n) is 4.45. The molecule has 1 unspecified atom stereocenters. The largest absolute Gasteiger partial charge is 0.508 e. The number of hydrogen-bond donors (Lipinski definition) is 1. The SMILES string of the molecule is O=S(=O)(c1ccccc1)N1N=C(c2cccnc2)CC1c1ccccc1O. The number of phenols is 1. The minimum Gasteiger partial charge on any atom is -0.508 e. The van der Waals surface area contributed by atoms with E-state index in [1.54, 1.807) is 60.9 Å². The van der Waals surface area contributed by atoms with Crippen molar-refractivity contribution in [2.24, 2.45) is 5.10 Å². The zero-order chi connectivity index (χ0) is 18.9. The van der Waals surface area contributed by atoms with Crippen molar-refractivity contribution in [3.8, 4) is 5.75 Å². The molecule has 0 aliphatic carbocycles. The van der Waals surface area contributed by atoms with Gasteiger partial charge in [-0.1, -0.05) is 42.5 Å². The van der Waals surface area contributed by atoms with Gasteiger partial charge >= 0.3 is 0 Å². The predicted molar refractivity (Wildman–Crippen MR) is 102 cm³/mol. The lowest BCUT2D eigenvalue weighted by atomic mass is 9.99. The molecule has 1 atom stereocenters. The van der Waals surface area contributed by atoms with Gasteiger partial charge in [0.15, 0.2) is 0 Å². The Morgan fingerprint density at radius 3 is 2.41 bits per heavy atom. The quantitative estimate of drug-likeness (QED) is 0.754. The van der Waals surface area contributed by atoms with E-state index in [-0.39, 0.29) is 10.6 Å². The van der Waals surface area contributed by atoms with Crippen LogP contribution in [0.15, 0.2) is 89.1 Å². The molecule has 3 aromatic rings. The fraction of sp³-hybridized carbons (Fsp3) is 0.100. The molecule has 1 N–H and O–H groups in total. The van der Waals surface area contributed by atoms with Gasteiger partial charge in [0.05, 0.1) is 16.6 Å². The van der Waals surface area contributed by atoms with Gasteiger partial charge in [-0.15, -0.1) is 0 Å². The van der Waals surface area contributed by atoms with Crippen molar-refractivity contribution in [3.63, 3.8) is 0 Å². The van der Waals surface area contributed by atoms with Crippen molar-refractivity contribution >= 4 is 15.7 Å². The number of rotatable bonds is 4. The van der Waals surface area contributed by atoms with Crippen LogP contribution in [0.5, 0.6) is 5.75 Å². The van der Waals surface area contributed by atoms with Gasteiger partial charge in [-0.2, -0.15) is 17.9 Å². The number of hydrazone groups is 1. The van der Waals surface area contributed by atoms with E-state index in [2.05, 4.69) is 10.1 Å². The Morgan fingerprint density at radius 2 is 1.70 bits per heavy atom. The van der Waals surface area contributed by atoms with Crippen molar-refractivity contribution in [2.75, 3.05) is 0 Å². The summed E-state index contributed by atoms with van der Waals surface area (Å²) in [6, 6.07) is 17.9. The summed E-state index contributed by atoms with van der Waals surface area (Å²) >= 11 is 0. The Bertz CT molecular complexity index is 1080. The molecule has 4 rings (SSSR count). The second-order valence-electron chi connectivity index (χ2n) is 6.16.